The third-order valence-electron chi connectivity index (χ3n) is 3.19. The smallest absolute Gasteiger partial charge is 0.233 e. The van der Waals surface area contributed by atoms with Crippen LogP contribution in [0.5, 0.6) is 0 Å². The van der Waals surface area contributed by atoms with Crippen LogP contribution in [0.3, 0.4) is 0 Å². The van der Waals surface area contributed by atoms with Crippen molar-refractivity contribution < 1.29 is 10.3 Å². The van der Waals surface area contributed by atoms with Crippen molar-refractivity contribution in [3.8, 4) is 12.3 Å². The lowest BCUT2D eigenvalue weighted by molar-refractivity contribution is 0.189. The number of nitrogens with zero attached hydrogens (tertiary/aromatic N) is 2. The maximum atomic E-state index is 8.90. The highest BCUT2D eigenvalue weighted by molar-refractivity contribution is 5.77. The monoisotopic (exact) mass is 225 g/mol. The Hall–Kier alpha value is -1.41. The molecule has 0 spiro atoms. The normalized spacial score (nSPS) is 20.5. The van der Waals surface area contributed by atoms with Crippen molar-refractivity contribution in [3.63, 3.8) is 0 Å². The van der Waals surface area contributed by atoms with E-state index < -0.39 is 0 Å². The quantitative estimate of drug-likeness (QED) is 0.208. The zero-order chi connectivity index (χ0) is 12.0. The van der Waals surface area contributed by atoms with Gasteiger partial charge in [-0.05, 0) is 25.2 Å². The molecule has 1 rings (SSSR count). The Morgan fingerprint density at radius 1 is 1.56 bits per heavy atom. The zero-order valence-electron chi connectivity index (χ0n) is 9.34. The van der Waals surface area contributed by atoms with Gasteiger partial charge in [-0.2, -0.15) is 0 Å². The molecule has 90 valence electrons. The molecule has 0 bridgehead atoms. The molecule has 0 amide bonds. The summed E-state index contributed by atoms with van der Waals surface area (Å²) in [4.78, 5) is 1.84. The van der Waals surface area contributed by atoms with Crippen LogP contribution in [0.25, 0.3) is 0 Å². The fourth-order valence-electron chi connectivity index (χ4n) is 2.19. The van der Waals surface area contributed by atoms with E-state index in [1.165, 1.54) is 0 Å². The minimum absolute atomic E-state index is 0.134. The molecule has 0 aromatic heterocycles. The molecule has 4 N–H and O–H groups in total. The number of aliphatic hydroxyl groups excluding tert-OH is 1. The van der Waals surface area contributed by atoms with Crippen LogP contribution in [-0.4, -0.2) is 40.9 Å². The Bertz CT molecular complexity index is 277. The van der Waals surface area contributed by atoms with Crippen LogP contribution < -0.4 is 5.73 Å². The summed E-state index contributed by atoms with van der Waals surface area (Å²) < 4.78 is 0. The summed E-state index contributed by atoms with van der Waals surface area (Å²) >= 11 is 0. The first-order valence-corrected chi connectivity index (χ1v) is 5.52. The number of aliphatic hydroxyl groups is 1. The number of guanidine groups is 1. The average Bonchev–Trinajstić information content (AvgIpc) is 2.35. The Labute approximate surface area is 95.9 Å². The van der Waals surface area contributed by atoms with Gasteiger partial charge in [-0.15, -0.1) is 12.3 Å². The summed E-state index contributed by atoms with van der Waals surface area (Å²) in [7, 11) is 0. The number of hydrogen-bond donors (Lipinski definition) is 3. The molecule has 5 heteroatoms. The van der Waals surface area contributed by atoms with Crippen LogP contribution in [0.2, 0.25) is 0 Å². The molecule has 0 aromatic carbocycles. The second kappa shape index (κ2) is 6.23. The molecule has 0 unspecified atom stereocenters. The molecule has 0 aromatic rings. The van der Waals surface area contributed by atoms with E-state index in [0.29, 0.717) is 12.3 Å². The number of oxime groups is 1. The van der Waals surface area contributed by atoms with Gasteiger partial charge in [0.05, 0.1) is 0 Å². The maximum Gasteiger partial charge on any atom is 0.233 e. The number of hydrogen-bond acceptors (Lipinski definition) is 3. The van der Waals surface area contributed by atoms with E-state index in [0.717, 1.165) is 25.9 Å². The van der Waals surface area contributed by atoms with E-state index in [9.17, 15) is 0 Å². The Morgan fingerprint density at radius 2 is 2.19 bits per heavy atom. The fourth-order valence-corrected chi connectivity index (χ4v) is 2.19. The second-order valence-corrected chi connectivity index (χ2v) is 4.07. The highest BCUT2D eigenvalue weighted by Gasteiger charge is 2.25. The van der Waals surface area contributed by atoms with Gasteiger partial charge in [-0.3, -0.25) is 0 Å². The lowest BCUT2D eigenvalue weighted by Crippen LogP contribution is -2.43. The van der Waals surface area contributed by atoms with Gasteiger partial charge in [0.15, 0.2) is 0 Å². The van der Waals surface area contributed by atoms with E-state index >= 15 is 0 Å². The first-order valence-electron chi connectivity index (χ1n) is 5.52. The van der Waals surface area contributed by atoms with E-state index in [4.69, 9.17) is 22.5 Å². The largest absolute Gasteiger partial charge is 0.408 e. The molecular formula is C11H19N3O2. The molecule has 16 heavy (non-hydrogen) atoms. The third kappa shape index (κ3) is 3.04. The Morgan fingerprint density at radius 3 is 2.62 bits per heavy atom. The predicted octanol–water partition coefficient (Wildman–Crippen LogP) is 0.0341. The number of rotatable bonds is 3. The van der Waals surface area contributed by atoms with E-state index in [1.54, 1.807) is 0 Å². The number of likely N-dealkylation sites (tertiary alicyclic amines) is 1. The summed E-state index contributed by atoms with van der Waals surface area (Å²) in [6, 6.07) is 0. The molecule has 1 aliphatic heterocycles. The van der Waals surface area contributed by atoms with E-state index in [2.05, 4.69) is 11.1 Å². The molecule has 5 nitrogen and oxygen atoms in total. The van der Waals surface area contributed by atoms with Crippen LogP contribution in [0.15, 0.2) is 5.16 Å². The Kier molecular flexibility index (Phi) is 4.93. The molecule has 1 fully saturated rings. The summed E-state index contributed by atoms with van der Waals surface area (Å²) in [5.41, 5.74) is 5.51. The van der Waals surface area contributed by atoms with Crippen LogP contribution in [-0.2, 0) is 0 Å². The number of terminal acetylenes is 1. The molecular weight excluding hydrogens is 206 g/mol. The second-order valence-electron chi connectivity index (χ2n) is 4.07. The summed E-state index contributed by atoms with van der Waals surface area (Å²) in [6.45, 7) is 1.64. The fraction of sp³-hybridized carbons (Fsp3) is 0.727. The number of nitrogens with two attached hydrogens (primary N) is 1. The minimum Gasteiger partial charge on any atom is -0.408 e. The van der Waals surface area contributed by atoms with Crippen molar-refractivity contribution in [1.29, 1.82) is 0 Å². The summed E-state index contributed by atoms with van der Waals surface area (Å²) in [5, 5.41) is 20.4. The summed E-state index contributed by atoms with van der Waals surface area (Å²) in [6.07, 6.45) is 7.95. The predicted molar refractivity (Wildman–Crippen MR) is 61.7 cm³/mol. The highest BCUT2D eigenvalue weighted by atomic mass is 16.4. The van der Waals surface area contributed by atoms with Gasteiger partial charge >= 0.3 is 0 Å². The van der Waals surface area contributed by atoms with Gasteiger partial charge in [0.2, 0.25) is 5.96 Å². The van der Waals surface area contributed by atoms with Crippen molar-refractivity contribution in [2.45, 2.75) is 19.3 Å². The highest BCUT2D eigenvalue weighted by Crippen LogP contribution is 2.26. The Balaban J connectivity index is 2.45. The van der Waals surface area contributed by atoms with E-state index in [1.807, 2.05) is 4.90 Å². The average molecular weight is 225 g/mol. The van der Waals surface area contributed by atoms with Gasteiger partial charge in [-0.1, -0.05) is 5.16 Å². The van der Waals surface area contributed by atoms with Crippen molar-refractivity contribution in [2.75, 3.05) is 19.7 Å². The molecule has 1 heterocycles. The SMILES string of the molecule is C#C[C@H](CCO)C1CCN(/C(N)=N/O)CC1. The van der Waals surface area contributed by atoms with Crippen LogP contribution >= 0.6 is 0 Å². The van der Waals surface area contributed by atoms with Crippen LogP contribution in [0, 0.1) is 24.2 Å². The van der Waals surface area contributed by atoms with Crippen molar-refractivity contribution in [3.05, 3.63) is 0 Å². The molecule has 0 radical (unpaired) electrons. The first-order chi connectivity index (χ1) is 7.72. The van der Waals surface area contributed by atoms with Gasteiger partial charge in [-0.25, -0.2) is 0 Å². The molecule has 1 saturated heterocycles. The van der Waals surface area contributed by atoms with Gasteiger partial charge in [0.25, 0.3) is 0 Å². The van der Waals surface area contributed by atoms with Gasteiger partial charge in [0, 0.05) is 25.6 Å². The third-order valence-corrected chi connectivity index (χ3v) is 3.19. The van der Waals surface area contributed by atoms with Crippen molar-refractivity contribution >= 4 is 5.96 Å². The van der Waals surface area contributed by atoms with Crippen LogP contribution in [0.1, 0.15) is 19.3 Å². The van der Waals surface area contributed by atoms with E-state index in [-0.39, 0.29) is 18.5 Å². The standard InChI is InChI=1S/C11H19N3O2/c1-2-9(5-8-15)10-3-6-14(7-4-10)11(12)13-16/h1,9-10,15-16H,3-8H2,(H2,12,13)/t9-/m1/s1. The van der Waals surface area contributed by atoms with Gasteiger partial charge in [0.1, 0.15) is 0 Å². The van der Waals surface area contributed by atoms with Crippen LogP contribution in [0.4, 0.5) is 0 Å². The number of piperidine rings is 1. The first kappa shape index (κ1) is 12.7. The van der Waals surface area contributed by atoms with Crippen molar-refractivity contribution in [1.82, 2.24) is 4.90 Å². The topological polar surface area (TPSA) is 82.1 Å². The zero-order valence-corrected chi connectivity index (χ0v) is 9.34. The van der Waals surface area contributed by atoms with Crippen molar-refractivity contribution in [2.24, 2.45) is 22.7 Å². The maximum absolute atomic E-state index is 8.90. The molecule has 0 saturated carbocycles. The van der Waals surface area contributed by atoms with Gasteiger partial charge < -0.3 is 20.9 Å². The lowest BCUT2D eigenvalue weighted by Gasteiger charge is -2.34. The molecule has 1 aliphatic rings. The lowest BCUT2D eigenvalue weighted by atomic mass is 9.83. The molecule has 1 atom stereocenters. The summed E-state index contributed by atoms with van der Waals surface area (Å²) in [5.74, 6) is 3.47. The molecule has 0 aliphatic carbocycles. The minimum atomic E-state index is 0.134.